The number of nitrogens with zero attached hydrogens (tertiary/aromatic N) is 3. The van der Waals surface area contributed by atoms with Crippen LogP contribution in [0, 0.1) is 0 Å². The van der Waals surface area contributed by atoms with Crippen LogP contribution in [0.4, 0.5) is 0 Å². The predicted octanol–water partition coefficient (Wildman–Crippen LogP) is 5.91. The Bertz CT molecular complexity index is 929. The van der Waals surface area contributed by atoms with Crippen molar-refractivity contribution in [2.24, 2.45) is 0 Å². The Hall–Kier alpha value is -2.01. The number of aryl methyl sites for hydroxylation is 1. The number of imidazole rings is 1. The Morgan fingerprint density at radius 3 is 2.25 bits per heavy atom. The van der Waals surface area contributed by atoms with Gasteiger partial charge in [0.1, 0.15) is 5.75 Å². The molecule has 0 saturated carbocycles. The van der Waals surface area contributed by atoms with E-state index in [0.717, 1.165) is 41.0 Å². The Morgan fingerprint density at radius 2 is 1.64 bits per heavy atom. The summed E-state index contributed by atoms with van der Waals surface area (Å²) in [7, 11) is 0. The predicted molar refractivity (Wildman–Crippen MR) is 118 cm³/mol. The van der Waals surface area contributed by atoms with Gasteiger partial charge in [-0.05, 0) is 47.3 Å². The summed E-state index contributed by atoms with van der Waals surface area (Å²) in [6.45, 7) is 13.8. The van der Waals surface area contributed by atoms with Crippen LogP contribution in [0.1, 0.15) is 59.1 Å². The highest BCUT2D eigenvalue weighted by Gasteiger charge is 2.26. The van der Waals surface area contributed by atoms with Crippen molar-refractivity contribution in [3.63, 3.8) is 0 Å². The second-order valence-electron chi connectivity index (χ2n) is 9.35. The van der Waals surface area contributed by atoms with Crippen LogP contribution in [-0.2, 0) is 17.4 Å². The van der Waals surface area contributed by atoms with Crippen molar-refractivity contribution >= 4 is 22.9 Å². The maximum Gasteiger partial charge on any atom is 0.177 e. The van der Waals surface area contributed by atoms with Crippen molar-refractivity contribution < 1.29 is 5.11 Å². The average molecular weight is 398 g/mol. The smallest absolute Gasteiger partial charge is 0.177 e. The van der Waals surface area contributed by atoms with E-state index >= 15 is 0 Å². The van der Waals surface area contributed by atoms with E-state index in [1.165, 1.54) is 4.90 Å². The van der Waals surface area contributed by atoms with Crippen LogP contribution < -0.4 is 0 Å². The fourth-order valence-corrected chi connectivity index (χ4v) is 4.25. The molecule has 2 heterocycles. The lowest BCUT2D eigenvalue weighted by molar-refractivity contribution is 0.422. The first-order valence-corrected chi connectivity index (χ1v) is 10.8. The van der Waals surface area contributed by atoms with Crippen molar-refractivity contribution in [3.05, 3.63) is 47.9 Å². The molecule has 0 aliphatic heterocycles. The van der Waals surface area contributed by atoms with Gasteiger partial charge in [0.25, 0.3) is 0 Å². The zero-order chi connectivity index (χ0) is 20.5. The van der Waals surface area contributed by atoms with Crippen LogP contribution in [0.3, 0.4) is 0 Å². The zero-order valence-electron chi connectivity index (χ0n) is 17.8. The molecular formula is C23H31N3OS. The molecule has 0 spiro atoms. The van der Waals surface area contributed by atoms with E-state index in [0.29, 0.717) is 5.75 Å². The van der Waals surface area contributed by atoms with Gasteiger partial charge in [0, 0.05) is 28.8 Å². The van der Waals surface area contributed by atoms with E-state index in [-0.39, 0.29) is 10.8 Å². The molecule has 2 aromatic heterocycles. The molecule has 150 valence electrons. The second-order valence-corrected chi connectivity index (χ2v) is 10.5. The van der Waals surface area contributed by atoms with Gasteiger partial charge in [-0.3, -0.25) is 0 Å². The summed E-state index contributed by atoms with van der Waals surface area (Å²) in [6.07, 6.45) is 4.69. The molecule has 4 nitrogen and oxygen atoms in total. The molecule has 1 aromatic carbocycles. The van der Waals surface area contributed by atoms with Crippen LogP contribution in [0.5, 0.6) is 5.75 Å². The standard InChI is InChI=1S/C23H31N3OS/c1-22(2,3)17-13-16(14-18(20(17)27)23(4,5)6)28-12-8-11-26-15-25-21-19(26)9-7-10-24-21/h7,9-10,13-15,27H,8,11-12H2,1-6H3. The molecule has 3 rings (SSSR count). The zero-order valence-corrected chi connectivity index (χ0v) is 18.6. The summed E-state index contributed by atoms with van der Waals surface area (Å²) in [5.41, 5.74) is 3.75. The van der Waals surface area contributed by atoms with Crippen LogP contribution in [0.25, 0.3) is 11.2 Å². The topological polar surface area (TPSA) is 50.9 Å². The number of hydrogen-bond donors (Lipinski definition) is 1. The van der Waals surface area contributed by atoms with Gasteiger partial charge in [-0.2, -0.15) is 0 Å². The number of aromatic nitrogens is 3. The molecule has 0 radical (unpaired) electrons. The number of hydrogen-bond acceptors (Lipinski definition) is 4. The normalized spacial score (nSPS) is 12.6. The summed E-state index contributed by atoms with van der Waals surface area (Å²) in [6, 6.07) is 8.33. The second kappa shape index (κ2) is 7.78. The minimum Gasteiger partial charge on any atom is -0.507 e. The Balaban J connectivity index is 1.73. The maximum absolute atomic E-state index is 10.9. The van der Waals surface area contributed by atoms with Gasteiger partial charge in [0.2, 0.25) is 0 Å². The molecule has 0 aliphatic carbocycles. The van der Waals surface area contributed by atoms with E-state index in [1.807, 2.05) is 24.2 Å². The van der Waals surface area contributed by atoms with Crippen molar-refractivity contribution in [1.82, 2.24) is 14.5 Å². The third kappa shape index (κ3) is 4.52. The van der Waals surface area contributed by atoms with Crippen LogP contribution in [-0.4, -0.2) is 25.4 Å². The number of rotatable bonds is 5. The van der Waals surface area contributed by atoms with Gasteiger partial charge in [-0.1, -0.05) is 41.5 Å². The first kappa shape index (κ1) is 20.7. The van der Waals surface area contributed by atoms with E-state index in [1.54, 1.807) is 6.20 Å². The molecule has 1 N–H and O–H groups in total. The summed E-state index contributed by atoms with van der Waals surface area (Å²) in [5.74, 6) is 1.46. The number of benzene rings is 1. The lowest BCUT2D eigenvalue weighted by atomic mass is 9.79. The summed E-state index contributed by atoms with van der Waals surface area (Å²) < 4.78 is 2.17. The molecule has 5 heteroatoms. The monoisotopic (exact) mass is 397 g/mol. The van der Waals surface area contributed by atoms with E-state index in [4.69, 9.17) is 0 Å². The maximum atomic E-state index is 10.9. The Labute approximate surface area is 172 Å². The third-order valence-corrected chi connectivity index (χ3v) is 5.97. The molecule has 0 amide bonds. The van der Waals surface area contributed by atoms with Gasteiger partial charge in [0.05, 0.1) is 11.8 Å². The fourth-order valence-electron chi connectivity index (χ4n) is 3.34. The minimum atomic E-state index is -0.0939. The van der Waals surface area contributed by atoms with Gasteiger partial charge in [0.15, 0.2) is 5.65 Å². The molecule has 0 atom stereocenters. The fraction of sp³-hybridized carbons (Fsp3) is 0.478. The van der Waals surface area contributed by atoms with Crippen LogP contribution in [0.2, 0.25) is 0 Å². The Kier molecular flexibility index (Phi) is 5.76. The molecule has 28 heavy (non-hydrogen) atoms. The van der Waals surface area contributed by atoms with E-state index in [2.05, 4.69) is 74.3 Å². The molecule has 0 aliphatic rings. The van der Waals surface area contributed by atoms with Crippen molar-refractivity contribution in [2.75, 3.05) is 5.75 Å². The molecule has 0 bridgehead atoms. The van der Waals surface area contributed by atoms with Gasteiger partial charge >= 0.3 is 0 Å². The number of phenols is 1. The first-order chi connectivity index (χ1) is 13.1. The molecule has 0 saturated heterocycles. The highest BCUT2D eigenvalue weighted by atomic mass is 32.2. The van der Waals surface area contributed by atoms with Gasteiger partial charge in [-0.25, -0.2) is 9.97 Å². The SMILES string of the molecule is CC(C)(C)c1cc(SCCCn2cnc3ncccc32)cc(C(C)(C)C)c1O. The van der Waals surface area contributed by atoms with Crippen LogP contribution in [0.15, 0.2) is 41.7 Å². The number of fused-ring (bicyclic) bond motifs is 1. The largest absolute Gasteiger partial charge is 0.507 e. The van der Waals surface area contributed by atoms with E-state index in [9.17, 15) is 5.11 Å². The molecule has 0 unspecified atom stereocenters. The summed E-state index contributed by atoms with van der Waals surface area (Å²) in [4.78, 5) is 9.88. The number of thioether (sulfide) groups is 1. The third-order valence-electron chi connectivity index (χ3n) is 4.91. The number of aromatic hydroxyl groups is 1. The average Bonchev–Trinajstić information content (AvgIpc) is 3.01. The van der Waals surface area contributed by atoms with Gasteiger partial charge in [-0.15, -0.1) is 11.8 Å². The lowest BCUT2D eigenvalue weighted by Crippen LogP contribution is -2.17. The first-order valence-electron chi connectivity index (χ1n) is 9.84. The highest BCUT2D eigenvalue weighted by Crippen LogP contribution is 2.41. The highest BCUT2D eigenvalue weighted by molar-refractivity contribution is 7.99. The summed E-state index contributed by atoms with van der Waals surface area (Å²) in [5, 5.41) is 10.9. The summed E-state index contributed by atoms with van der Waals surface area (Å²) >= 11 is 1.86. The van der Waals surface area contributed by atoms with Crippen molar-refractivity contribution in [3.8, 4) is 5.75 Å². The number of pyridine rings is 1. The van der Waals surface area contributed by atoms with Gasteiger partial charge < -0.3 is 9.67 Å². The molecular weight excluding hydrogens is 366 g/mol. The van der Waals surface area contributed by atoms with Crippen molar-refractivity contribution in [1.29, 1.82) is 0 Å². The quantitative estimate of drug-likeness (QED) is 0.429. The van der Waals surface area contributed by atoms with Crippen molar-refractivity contribution in [2.45, 2.75) is 70.2 Å². The molecule has 0 fully saturated rings. The lowest BCUT2D eigenvalue weighted by Gasteiger charge is -2.28. The van der Waals surface area contributed by atoms with E-state index < -0.39 is 0 Å². The molecule has 3 aromatic rings. The van der Waals surface area contributed by atoms with Crippen LogP contribution >= 0.6 is 11.8 Å². The minimum absolute atomic E-state index is 0.0939. The Morgan fingerprint density at radius 1 is 1.00 bits per heavy atom. The number of phenolic OH excluding ortho intramolecular Hbond substituents is 1.